The number of fused-ring (bicyclic) bond motifs is 1. The average molecular weight is 210 g/mol. The summed E-state index contributed by atoms with van der Waals surface area (Å²) in [7, 11) is 0. The quantitative estimate of drug-likeness (QED) is 0.773. The van der Waals surface area contributed by atoms with E-state index in [0.717, 1.165) is 12.0 Å². The molecule has 0 aliphatic carbocycles. The number of nitrogens with zero attached hydrogens (tertiary/aromatic N) is 2. The Labute approximate surface area is 85.3 Å². The fourth-order valence-corrected chi connectivity index (χ4v) is 1.58. The molecule has 0 bridgehead atoms. The Kier molecular flexibility index (Phi) is 2.21. The van der Waals surface area contributed by atoms with Crippen molar-refractivity contribution in [3.8, 4) is 0 Å². The number of aryl methyl sites for hydroxylation is 1. The minimum Gasteiger partial charge on any atom is -0.328 e. The Morgan fingerprint density at radius 2 is 2.43 bits per heavy atom. The number of hydrogen-bond acceptors (Lipinski definition) is 3. The first kappa shape index (κ1) is 9.15. The van der Waals surface area contributed by atoms with Crippen molar-refractivity contribution in [3.63, 3.8) is 0 Å². The molecule has 0 spiro atoms. The van der Waals surface area contributed by atoms with Crippen LogP contribution in [-0.4, -0.2) is 9.97 Å². The van der Waals surface area contributed by atoms with E-state index in [4.69, 9.17) is 11.6 Å². The molecule has 5 heteroatoms. The monoisotopic (exact) mass is 209 g/mol. The molecule has 14 heavy (non-hydrogen) atoms. The topological polar surface area (TPSA) is 58.1 Å². The molecule has 2 heterocycles. The van der Waals surface area contributed by atoms with Gasteiger partial charge in [-0.25, -0.2) is 4.98 Å². The number of rotatable bonds is 2. The molecule has 72 valence electrons. The fraction of sp³-hybridized carbons (Fsp3) is 0.222. The summed E-state index contributed by atoms with van der Waals surface area (Å²) >= 11 is 5.77. The van der Waals surface area contributed by atoms with Gasteiger partial charge in [0.15, 0.2) is 5.69 Å². The first-order chi connectivity index (χ1) is 6.76. The van der Waals surface area contributed by atoms with Crippen molar-refractivity contribution in [1.29, 1.82) is 0 Å². The molecule has 2 aromatic heterocycles. The second-order valence-electron chi connectivity index (χ2n) is 2.97. The van der Waals surface area contributed by atoms with Crippen LogP contribution in [0.2, 0.25) is 5.15 Å². The second kappa shape index (κ2) is 3.38. The van der Waals surface area contributed by atoms with Crippen LogP contribution in [0.1, 0.15) is 12.5 Å². The zero-order valence-electron chi connectivity index (χ0n) is 7.54. The van der Waals surface area contributed by atoms with E-state index < -0.39 is 0 Å². The fourth-order valence-electron chi connectivity index (χ4n) is 1.35. The highest BCUT2D eigenvalue weighted by Gasteiger charge is 2.11. The third-order valence-electron chi connectivity index (χ3n) is 2.14. The molecular formula is C9H8ClN3O. The summed E-state index contributed by atoms with van der Waals surface area (Å²) in [5.74, 6) is 0. The number of aromatic amines is 1. The molecule has 2 rings (SSSR count). The number of halogens is 1. The Bertz CT molecular complexity index is 492. The largest absolute Gasteiger partial charge is 0.328 e. The first-order valence-corrected chi connectivity index (χ1v) is 4.63. The van der Waals surface area contributed by atoms with Gasteiger partial charge in [0.2, 0.25) is 0 Å². The summed E-state index contributed by atoms with van der Waals surface area (Å²) in [6.45, 7) is 2.02. The van der Waals surface area contributed by atoms with Gasteiger partial charge in [-0.3, -0.25) is 0 Å². The van der Waals surface area contributed by atoms with Gasteiger partial charge in [0.1, 0.15) is 10.8 Å². The van der Waals surface area contributed by atoms with E-state index >= 15 is 0 Å². The van der Waals surface area contributed by atoms with Crippen molar-refractivity contribution in [2.24, 2.45) is 5.18 Å². The van der Waals surface area contributed by atoms with E-state index in [1.54, 1.807) is 6.20 Å². The molecule has 0 saturated carbocycles. The number of H-pyrrole nitrogens is 1. The van der Waals surface area contributed by atoms with E-state index in [1.807, 2.05) is 13.0 Å². The number of hydrogen-bond donors (Lipinski definition) is 1. The summed E-state index contributed by atoms with van der Waals surface area (Å²) in [6, 6.07) is 1.88. The van der Waals surface area contributed by atoms with Gasteiger partial charge in [-0.05, 0) is 23.2 Å². The molecule has 0 unspecified atom stereocenters. The molecular weight excluding hydrogens is 202 g/mol. The minimum atomic E-state index is 0.240. The molecule has 4 nitrogen and oxygen atoms in total. The lowest BCUT2D eigenvalue weighted by Crippen LogP contribution is -1.82. The van der Waals surface area contributed by atoms with Crippen molar-refractivity contribution in [1.82, 2.24) is 9.97 Å². The van der Waals surface area contributed by atoms with Gasteiger partial charge < -0.3 is 4.98 Å². The van der Waals surface area contributed by atoms with Crippen molar-refractivity contribution in [3.05, 3.63) is 27.9 Å². The lowest BCUT2D eigenvalue weighted by Gasteiger charge is -1.94. The van der Waals surface area contributed by atoms with Gasteiger partial charge in [-0.1, -0.05) is 18.5 Å². The van der Waals surface area contributed by atoms with Crippen molar-refractivity contribution >= 4 is 28.3 Å². The van der Waals surface area contributed by atoms with Crippen LogP contribution in [0.4, 0.5) is 5.69 Å². The lowest BCUT2D eigenvalue weighted by molar-refractivity contribution is 1.12. The van der Waals surface area contributed by atoms with Gasteiger partial charge in [0, 0.05) is 11.6 Å². The van der Waals surface area contributed by atoms with Gasteiger partial charge >= 0.3 is 0 Å². The predicted molar refractivity (Wildman–Crippen MR) is 55.9 cm³/mol. The summed E-state index contributed by atoms with van der Waals surface area (Å²) in [4.78, 5) is 17.5. The van der Waals surface area contributed by atoms with Crippen molar-refractivity contribution < 1.29 is 0 Å². The van der Waals surface area contributed by atoms with Crippen molar-refractivity contribution in [2.45, 2.75) is 13.3 Å². The maximum absolute atomic E-state index is 10.5. The van der Waals surface area contributed by atoms with Crippen LogP contribution in [0.5, 0.6) is 0 Å². The van der Waals surface area contributed by atoms with Crippen LogP contribution < -0.4 is 0 Å². The molecule has 0 aliphatic heterocycles. The van der Waals surface area contributed by atoms with Crippen LogP contribution in [0, 0.1) is 4.91 Å². The van der Waals surface area contributed by atoms with E-state index in [0.29, 0.717) is 11.0 Å². The third-order valence-corrected chi connectivity index (χ3v) is 2.41. The number of nitroso groups, excluding NO2 is 1. The molecule has 0 saturated heterocycles. The normalized spacial score (nSPS) is 10.7. The Morgan fingerprint density at radius 1 is 1.64 bits per heavy atom. The van der Waals surface area contributed by atoms with Gasteiger partial charge in [0.05, 0.1) is 0 Å². The van der Waals surface area contributed by atoms with Gasteiger partial charge in [-0.2, -0.15) is 0 Å². The molecule has 0 atom stereocenters. The van der Waals surface area contributed by atoms with Crippen LogP contribution in [0.15, 0.2) is 17.4 Å². The molecule has 0 aromatic carbocycles. The van der Waals surface area contributed by atoms with Crippen LogP contribution in [0.25, 0.3) is 11.0 Å². The Morgan fingerprint density at radius 3 is 3.07 bits per heavy atom. The van der Waals surface area contributed by atoms with Crippen LogP contribution in [0.3, 0.4) is 0 Å². The molecule has 0 aliphatic rings. The third kappa shape index (κ3) is 1.28. The Hall–Kier alpha value is -1.42. The Balaban J connectivity index is 2.77. The first-order valence-electron chi connectivity index (χ1n) is 4.25. The number of nitrogens with one attached hydrogen (secondary N) is 1. The molecule has 0 amide bonds. The molecule has 0 fully saturated rings. The van der Waals surface area contributed by atoms with Crippen LogP contribution >= 0.6 is 11.6 Å². The predicted octanol–water partition coefficient (Wildman–Crippen LogP) is 3.18. The summed E-state index contributed by atoms with van der Waals surface area (Å²) in [5, 5.41) is 3.81. The lowest BCUT2D eigenvalue weighted by atomic mass is 10.2. The van der Waals surface area contributed by atoms with E-state index in [1.165, 1.54) is 0 Å². The summed E-state index contributed by atoms with van der Waals surface area (Å²) in [5.41, 5.74) is 1.89. The van der Waals surface area contributed by atoms with Gasteiger partial charge in [-0.15, -0.1) is 4.91 Å². The highest BCUT2D eigenvalue weighted by molar-refractivity contribution is 6.33. The standard InChI is InChI=1S/C9H8ClN3O/c1-2-5-3-6-7(13-14)8(10)12-9(6)11-4-5/h3-4H,2H2,1H3,(H,11,12). The summed E-state index contributed by atoms with van der Waals surface area (Å²) in [6.07, 6.45) is 2.62. The van der Waals surface area contributed by atoms with E-state index in [2.05, 4.69) is 15.1 Å². The zero-order valence-corrected chi connectivity index (χ0v) is 8.30. The number of aromatic nitrogens is 2. The maximum Gasteiger partial charge on any atom is 0.154 e. The smallest absolute Gasteiger partial charge is 0.154 e. The van der Waals surface area contributed by atoms with E-state index in [-0.39, 0.29) is 10.8 Å². The molecule has 1 N–H and O–H groups in total. The average Bonchev–Trinajstić information content (AvgIpc) is 2.52. The maximum atomic E-state index is 10.5. The van der Waals surface area contributed by atoms with E-state index in [9.17, 15) is 4.91 Å². The molecule has 0 radical (unpaired) electrons. The second-order valence-corrected chi connectivity index (χ2v) is 3.35. The highest BCUT2D eigenvalue weighted by Crippen LogP contribution is 2.32. The SMILES string of the molecule is CCc1cnc2[nH]c(Cl)c(N=O)c2c1. The summed E-state index contributed by atoms with van der Waals surface area (Å²) < 4.78 is 0. The van der Waals surface area contributed by atoms with Gasteiger partial charge in [0.25, 0.3) is 0 Å². The minimum absolute atomic E-state index is 0.240. The highest BCUT2D eigenvalue weighted by atomic mass is 35.5. The molecule has 2 aromatic rings. The van der Waals surface area contributed by atoms with Crippen molar-refractivity contribution in [2.75, 3.05) is 0 Å². The number of pyridine rings is 1. The zero-order chi connectivity index (χ0) is 10.1. The van der Waals surface area contributed by atoms with Crippen LogP contribution in [-0.2, 0) is 6.42 Å².